The topological polar surface area (TPSA) is 30.5 Å². The van der Waals surface area contributed by atoms with Gasteiger partial charge in [-0.15, -0.1) is 0 Å². The van der Waals surface area contributed by atoms with Crippen LogP contribution < -0.4 is 14.8 Å². The maximum Gasteiger partial charge on any atom is 0.161 e. The van der Waals surface area contributed by atoms with Gasteiger partial charge in [0.2, 0.25) is 0 Å². The Bertz CT molecular complexity index is 639. The summed E-state index contributed by atoms with van der Waals surface area (Å²) in [5.74, 6) is 1.35. The number of hydrogen-bond acceptors (Lipinski definition) is 3. The van der Waals surface area contributed by atoms with Crippen LogP contribution in [0.5, 0.6) is 11.5 Å². The number of halogens is 2. The molecule has 23 heavy (non-hydrogen) atoms. The average Bonchev–Trinajstić information content (AvgIpc) is 2.53. The van der Waals surface area contributed by atoms with Gasteiger partial charge in [-0.3, -0.25) is 0 Å². The Morgan fingerprint density at radius 2 is 1.74 bits per heavy atom. The van der Waals surface area contributed by atoms with Crippen molar-refractivity contribution in [1.29, 1.82) is 0 Å². The molecular formula is C18H21Cl2NO2. The molecule has 3 nitrogen and oxygen atoms in total. The van der Waals surface area contributed by atoms with E-state index in [-0.39, 0.29) is 0 Å². The van der Waals surface area contributed by atoms with Gasteiger partial charge in [0.05, 0.1) is 7.11 Å². The molecule has 0 saturated heterocycles. The van der Waals surface area contributed by atoms with Gasteiger partial charge in [0.1, 0.15) is 6.61 Å². The number of rotatable bonds is 7. The van der Waals surface area contributed by atoms with Gasteiger partial charge in [-0.1, -0.05) is 49.2 Å². The zero-order chi connectivity index (χ0) is 16.8. The monoisotopic (exact) mass is 353 g/mol. The second-order valence-corrected chi connectivity index (χ2v) is 6.32. The molecule has 124 valence electrons. The highest BCUT2D eigenvalue weighted by molar-refractivity contribution is 6.35. The molecule has 0 amide bonds. The van der Waals surface area contributed by atoms with Crippen molar-refractivity contribution in [2.45, 2.75) is 33.0 Å². The van der Waals surface area contributed by atoms with Gasteiger partial charge in [-0.2, -0.15) is 0 Å². The van der Waals surface area contributed by atoms with Crippen molar-refractivity contribution in [2.75, 3.05) is 7.11 Å². The van der Waals surface area contributed by atoms with Crippen LogP contribution in [0.25, 0.3) is 0 Å². The molecule has 2 aromatic carbocycles. The van der Waals surface area contributed by atoms with E-state index in [9.17, 15) is 0 Å². The molecule has 0 aliphatic carbocycles. The zero-order valence-electron chi connectivity index (χ0n) is 13.5. The van der Waals surface area contributed by atoms with Crippen LogP contribution in [0.4, 0.5) is 0 Å². The molecule has 0 heterocycles. The molecule has 0 saturated carbocycles. The molecule has 0 unspecified atom stereocenters. The largest absolute Gasteiger partial charge is 0.493 e. The van der Waals surface area contributed by atoms with E-state index >= 15 is 0 Å². The Labute approximate surface area is 147 Å². The summed E-state index contributed by atoms with van der Waals surface area (Å²) in [4.78, 5) is 0. The summed E-state index contributed by atoms with van der Waals surface area (Å²) in [5.41, 5.74) is 1.90. The van der Waals surface area contributed by atoms with E-state index in [1.807, 2.05) is 24.3 Å². The van der Waals surface area contributed by atoms with Crippen molar-refractivity contribution in [2.24, 2.45) is 0 Å². The summed E-state index contributed by atoms with van der Waals surface area (Å²) in [7, 11) is 1.63. The minimum atomic E-state index is 0.290. The molecule has 0 spiro atoms. The summed E-state index contributed by atoms with van der Waals surface area (Å²) in [6, 6.07) is 11.7. The molecule has 5 heteroatoms. The van der Waals surface area contributed by atoms with E-state index in [1.165, 1.54) is 0 Å². The highest BCUT2D eigenvalue weighted by atomic mass is 35.5. The van der Waals surface area contributed by atoms with E-state index < -0.39 is 0 Å². The highest BCUT2D eigenvalue weighted by Crippen LogP contribution is 2.31. The molecule has 0 aromatic heterocycles. The van der Waals surface area contributed by atoms with Gasteiger partial charge in [0, 0.05) is 28.2 Å². The zero-order valence-corrected chi connectivity index (χ0v) is 15.0. The molecule has 2 aromatic rings. The molecule has 0 bridgehead atoms. The van der Waals surface area contributed by atoms with Gasteiger partial charge in [0.15, 0.2) is 11.5 Å². The standard InChI is InChI=1S/C18H21Cl2NO2/c1-12(2)21-10-13-7-8-17(18(9-13)22-3)23-11-14-15(19)5-4-6-16(14)20/h4-9,12,21H,10-11H2,1-3H3. The summed E-state index contributed by atoms with van der Waals surface area (Å²) in [6.07, 6.45) is 0. The lowest BCUT2D eigenvalue weighted by atomic mass is 10.2. The van der Waals surface area contributed by atoms with Crippen LogP contribution in [0.3, 0.4) is 0 Å². The molecule has 2 rings (SSSR count). The van der Waals surface area contributed by atoms with Crippen molar-refractivity contribution in [1.82, 2.24) is 5.32 Å². The van der Waals surface area contributed by atoms with Crippen molar-refractivity contribution < 1.29 is 9.47 Å². The molecular weight excluding hydrogens is 333 g/mol. The normalized spacial score (nSPS) is 10.9. The maximum absolute atomic E-state index is 6.16. The predicted octanol–water partition coefficient (Wildman–Crippen LogP) is 5.08. The van der Waals surface area contributed by atoms with Crippen molar-refractivity contribution in [3.05, 3.63) is 57.6 Å². The third-order valence-electron chi connectivity index (χ3n) is 3.38. The molecule has 1 N–H and O–H groups in total. The van der Waals surface area contributed by atoms with E-state index in [0.29, 0.717) is 34.2 Å². The lowest BCUT2D eigenvalue weighted by Gasteiger charge is -2.14. The van der Waals surface area contributed by atoms with Crippen LogP contribution in [-0.2, 0) is 13.2 Å². The third-order valence-corrected chi connectivity index (χ3v) is 4.08. The van der Waals surface area contributed by atoms with Gasteiger partial charge in [-0.25, -0.2) is 0 Å². The molecule has 0 atom stereocenters. The van der Waals surface area contributed by atoms with Crippen LogP contribution in [0, 0.1) is 0 Å². The Morgan fingerprint density at radius 1 is 1.04 bits per heavy atom. The summed E-state index contributed by atoms with van der Waals surface area (Å²) in [6.45, 7) is 5.30. The van der Waals surface area contributed by atoms with Gasteiger partial charge in [0.25, 0.3) is 0 Å². The number of nitrogens with one attached hydrogen (secondary N) is 1. The van der Waals surface area contributed by atoms with Gasteiger partial charge < -0.3 is 14.8 Å². The van der Waals surface area contributed by atoms with Gasteiger partial charge >= 0.3 is 0 Å². The quantitative estimate of drug-likeness (QED) is 0.752. The minimum absolute atomic E-state index is 0.290. The van der Waals surface area contributed by atoms with Crippen LogP contribution in [0.1, 0.15) is 25.0 Å². The molecule has 0 aliphatic rings. The van der Waals surface area contributed by atoms with Crippen molar-refractivity contribution >= 4 is 23.2 Å². The summed E-state index contributed by atoms with van der Waals surface area (Å²) >= 11 is 12.3. The number of methoxy groups -OCH3 is 1. The third kappa shape index (κ3) is 5.03. The average molecular weight is 354 g/mol. The Hall–Kier alpha value is -1.42. The Kier molecular flexibility index (Phi) is 6.58. The van der Waals surface area contributed by atoms with E-state index in [4.69, 9.17) is 32.7 Å². The minimum Gasteiger partial charge on any atom is -0.493 e. The number of ether oxygens (including phenoxy) is 2. The van der Waals surface area contributed by atoms with E-state index in [0.717, 1.165) is 17.7 Å². The Morgan fingerprint density at radius 3 is 2.35 bits per heavy atom. The lowest BCUT2D eigenvalue weighted by molar-refractivity contribution is 0.284. The van der Waals surface area contributed by atoms with Crippen molar-refractivity contribution in [3.8, 4) is 11.5 Å². The molecule has 0 fully saturated rings. The van der Waals surface area contributed by atoms with Crippen LogP contribution in [0.2, 0.25) is 10.0 Å². The molecule has 0 aliphatic heterocycles. The SMILES string of the molecule is COc1cc(CNC(C)C)ccc1OCc1c(Cl)cccc1Cl. The number of hydrogen-bond donors (Lipinski definition) is 1. The van der Waals surface area contributed by atoms with E-state index in [2.05, 4.69) is 19.2 Å². The first kappa shape index (κ1) is 17.9. The molecule has 0 radical (unpaired) electrons. The smallest absolute Gasteiger partial charge is 0.161 e. The second-order valence-electron chi connectivity index (χ2n) is 5.51. The highest BCUT2D eigenvalue weighted by Gasteiger charge is 2.10. The van der Waals surface area contributed by atoms with Crippen molar-refractivity contribution in [3.63, 3.8) is 0 Å². The van der Waals surface area contributed by atoms with Crippen LogP contribution >= 0.6 is 23.2 Å². The summed E-state index contributed by atoms with van der Waals surface area (Å²) in [5, 5.41) is 4.56. The number of benzene rings is 2. The predicted molar refractivity (Wildman–Crippen MR) is 95.8 cm³/mol. The Balaban J connectivity index is 2.10. The lowest BCUT2D eigenvalue weighted by Crippen LogP contribution is -2.21. The van der Waals surface area contributed by atoms with Crippen LogP contribution in [0.15, 0.2) is 36.4 Å². The summed E-state index contributed by atoms with van der Waals surface area (Å²) < 4.78 is 11.3. The second kappa shape index (κ2) is 8.44. The fourth-order valence-corrected chi connectivity index (χ4v) is 2.59. The maximum atomic E-state index is 6.16. The van der Waals surface area contributed by atoms with Crippen LogP contribution in [-0.4, -0.2) is 13.2 Å². The van der Waals surface area contributed by atoms with E-state index in [1.54, 1.807) is 19.2 Å². The first-order valence-corrected chi connectivity index (χ1v) is 8.23. The fourth-order valence-electron chi connectivity index (χ4n) is 2.08. The van der Waals surface area contributed by atoms with Gasteiger partial charge in [-0.05, 0) is 29.8 Å². The first-order valence-electron chi connectivity index (χ1n) is 7.47. The first-order chi connectivity index (χ1) is 11.0. The fraction of sp³-hybridized carbons (Fsp3) is 0.333.